The molecule has 8 nitrogen and oxygen atoms in total. The SMILES string of the molecule is C=CCOC(=O)C(CC(N)CC)(OCCN1CCOCC1)C(=O)O. The molecule has 1 aliphatic rings. The summed E-state index contributed by atoms with van der Waals surface area (Å²) in [6.45, 7) is 8.55. The summed E-state index contributed by atoms with van der Waals surface area (Å²) in [5, 5.41) is 9.63. The Morgan fingerprint density at radius 2 is 2.12 bits per heavy atom. The van der Waals surface area contributed by atoms with Gasteiger partial charge in [-0.1, -0.05) is 19.6 Å². The Hall–Kier alpha value is -1.48. The van der Waals surface area contributed by atoms with Gasteiger partial charge in [-0.05, 0) is 6.42 Å². The number of esters is 1. The van der Waals surface area contributed by atoms with Crippen LogP contribution >= 0.6 is 0 Å². The highest BCUT2D eigenvalue weighted by Gasteiger charge is 2.50. The topological polar surface area (TPSA) is 111 Å². The molecule has 0 bridgehead atoms. The monoisotopic (exact) mass is 344 g/mol. The lowest BCUT2D eigenvalue weighted by Crippen LogP contribution is -2.54. The van der Waals surface area contributed by atoms with Crippen LogP contribution in [-0.2, 0) is 23.8 Å². The van der Waals surface area contributed by atoms with E-state index in [0.29, 0.717) is 26.2 Å². The second-order valence-electron chi connectivity index (χ2n) is 5.69. The molecule has 2 atom stereocenters. The van der Waals surface area contributed by atoms with Crippen LogP contribution in [0.25, 0.3) is 0 Å². The van der Waals surface area contributed by atoms with E-state index in [-0.39, 0.29) is 19.6 Å². The lowest BCUT2D eigenvalue weighted by Gasteiger charge is -2.31. The van der Waals surface area contributed by atoms with Crippen molar-refractivity contribution in [2.75, 3.05) is 46.1 Å². The normalized spacial score (nSPS) is 19.2. The first-order valence-electron chi connectivity index (χ1n) is 8.17. The van der Waals surface area contributed by atoms with Crippen molar-refractivity contribution in [3.05, 3.63) is 12.7 Å². The Balaban J connectivity index is 2.77. The quantitative estimate of drug-likeness (QED) is 0.306. The van der Waals surface area contributed by atoms with Crippen LogP contribution < -0.4 is 5.73 Å². The molecular weight excluding hydrogens is 316 g/mol. The van der Waals surface area contributed by atoms with Gasteiger partial charge in [0, 0.05) is 32.1 Å². The minimum absolute atomic E-state index is 0.0813. The number of carbonyl (C=O) groups excluding carboxylic acids is 1. The number of carbonyl (C=O) groups is 2. The molecule has 1 heterocycles. The van der Waals surface area contributed by atoms with Crippen molar-refractivity contribution >= 4 is 11.9 Å². The highest BCUT2D eigenvalue weighted by molar-refractivity contribution is 6.02. The lowest BCUT2D eigenvalue weighted by molar-refractivity contribution is -0.189. The Morgan fingerprint density at radius 1 is 1.46 bits per heavy atom. The number of morpholine rings is 1. The molecule has 3 N–H and O–H groups in total. The van der Waals surface area contributed by atoms with Crippen molar-refractivity contribution in [2.24, 2.45) is 5.73 Å². The molecule has 0 aromatic heterocycles. The zero-order valence-corrected chi connectivity index (χ0v) is 14.2. The standard InChI is InChI=1S/C16H28N2O6/c1-3-8-23-15(21)16(14(19)20,12-13(17)4-2)24-11-7-18-5-9-22-10-6-18/h3,13H,1,4-12,17H2,2H3,(H,19,20). The van der Waals surface area contributed by atoms with Gasteiger partial charge in [0.2, 0.25) is 0 Å². The highest BCUT2D eigenvalue weighted by atomic mass is 16.6. The molecule has 1 rings (SSSR count). The largest absolute Gasteiger partial charge is 0.479 e. The van der Waals surface area contributed by atoms with Crippen molar-refractivity contribution in [2.45, 2.75) is 31.4 Å². The minimum Gasteiger partial charge on any atom is -0.479 e. The van der Waals surface area contributed by atoms with Gasteiger partial charge in [-0.25, -0.2) is 9.59 Å². The highest BCUT2D eigenvalue weighted by Crippen LogP contribution is 2.22. The first-order valence-corrected chi connectivity index (χ1v) is 8.17. The van der Waals surface area contributed by atoms with Crippen molar-refractivity contribution in [3.63, 3.8) is 0 Å². The number of nitrogens with two attached hydrogens (primary N) is 1. The summed E-state index contributed by atoms with van der Waals surface area (Å²) in [6, 6.07) is -0.485. The molecule has 1 saturated heterocycles. The second kappa shape index (κ2) is 10.4. The van der Waals surface area contributed by atoms with Crippen LogP contribution in [0, 0.1) is 0 Å². The third-order valence-electron chi connectivity index (χ3n) is 3.94. The fourth-order valence-corrected chi connectivity index (χ4v) is 2.38. The third kappa shape index (κ3) is 5.86. The molecule has 0 aliphatic carbocycles. The number of hydrogen-bond acceptors (Lipinski definition) is 7. The summed E-state index contributed by atoms with van der Waals surface area (Å²) in [7, 11) is 0. The van der Waals surface area contributed by atoms with E-state index in [0.717, 1.165) is 13.1 Å². The van der Waals surface area contributed by atoms with Gasteiger partial charge in [-0.2, -0.15) is 0 Å². The first kappa shape index (κ1) is 20.6. The maximum absolute atomic E-state index is 12.3. The van der Waals surface area contributed by atoms with Gasteiger partial charge in [-0.3, -0.25) is 4.90 Å². The number of carboxylic acid groups (broad SMARTS) is 1. The van der Waals surface area contributed by atoms with Crippen LogP contribution in [0.15, 0.2) is 12.7 Å². The number of ether oxygens (including phenoxy) is 3. The molecule has 0 saturated carbocycles. The van der Waals surface area contributed by atoms with E-state index in [1.165, 1.54) is 6.08 Å². The van der Waals surface area contributed by atoms with E-state index in [2.05, 4.69) is 11.5 Å². The van der Waals surface area contributed by atoms with Crippen molar-refractivity contribution in [1.82, 2.24) is 4.90 Å². The van der Waals surface area contributed by atoms with E-state index in [1.807, 2.05) is 6.92 Å². The van der Waals surface area contributed by atoms with E-state index >= 15 is 0 Å². The predicted octanol–water partition coefficient (Wildman–Crippen LogP) is 0.0152. The summed E-state index contributed by atoms with van der Waals surface area (Å²) >= 11 is 0. The number of nitrogens with zero attached hydrogens (tertiary/aromatic N) is 1. The fraction of sp³-hybridized carbons (Fsp3) is 0.750. The molecule has 0 spiro atoms. The molecule has 0 aromatic rings. The van der Waals surface area contributed by atoms with Gasteiger partial charge in [0.1, 0.15) is 6.61 Å². The molecule has 0 aromatic carbocycles. The smallest absolute Gasteiger partial charge is 0.350 e. The number of aliphatic carboxylic acids is 1. The van der Waals surface area contributed by atoms with Gasteiger partial charge in [-0.15, -0.1) is 0 Å². The van der Waals surface area contributed by atoms with Crippen LogP contribution in [0.3, 0.4) is 0 Å². The Morgan fingerprint density at radius 3 is 2.67 bits per heavy atom. The van der Waals surface area contributed by atoms with Crippen LogP contribution in [0.1, 0.15) is 19.8 Å². The Kier molecular flexibility index (Phi) is 8.91. The molecule has 0 radical (unpaired) electrons. The van der Waals surface area contributed by atoms with Crippen molar-refractivity contribution in [3.8, 4) is 0 Å². The molecule has 1 fully saturated rings. The van der Waals surface area contributed by atoms with E-state index < -0.39 is 23.6 Å². The first-order chi connectivity index (χ1) is 11.5. The number of carboxylic acids is 1. The minimum atomic E-state index is -2.09. The van der Waals surface area contributed by atoms with Gasteiger partial charge in [0.25, 0.3) is 5.60 Å². The number of hydrogen-bond donors (Lipinski definition) is 2. The third-order valence-corrected chi connectivity index (χ3v) is 3.94. The molecule has 8 heteroatoms. The van der Waals surface area contributed by atoms with Crippen molar-refractivity contribution in [1.29, 1.82) is 0 Å². The average Bonchev–Trinajstić information content (AvgIpc) is 2.59. The summed E-state index contributed by atoms with van der Waals surface area (Å²) in [4.78, 5) is 26.2. The summed E-state index contributed by atoms with van der Waals surface area (Å²) in [5.74, 6) is -2.33. The van der Waals surface area contributed by atoms with Crippen LogP contribution in [0.5, 0.6) is 0 Å². The number of rotatable bonds is 11. The van der Waals surface area contributed by atoms with Crippen LogP contribution in [0.2, 0.25) is 0 Å². The zero-order valence-electron chi connectivity index (χ0n) is 14.2. The van der Waals surface area contributed by atoms with Gasteiger partial charge < -0.3 is 25.1 Å². The maximum Gasteiger partial charge on any atom is 0.350 e. The summed E-state index contributed by atoms with van der Waals surface area (Å²) in [6.07, 6.45) is 1.76. The van der Waals surface area contributed by atoms with Gasteiger partial charge in [0.15, 0.2) is 0 Å². The summed E-state index contributed by atoms with van der Waals surface area (Å²) < 4.78 is 15.8. The molecule has 0 amide bonds. The fourth-order valence-electron chi connectivity index (χ4n) is 2.38. The molecule has 138 valence electrons. The predicted molar refractivity (Wildman–Crippen MR) is 87.6 cm³/mol. The van der Waals surface area contributed by atoms with E-state index in [1.54, 1.807) is 0 Å². The lowest BCUT2D eigenvalue weighted by atomic mass is 9.93. The van der Waals surface area contributed by atoms with E-state index in [9.17, 15) is 14.7 Å². The summed E-state index contributed by atoms with van der Waals surface area (Å²) in [5.41, 5.74) is 3.79. The van der Waals surface area contributed by atoms with Gasteiger partial charge in [0.05, 0.1) is 19.8 Å². The molecule has 1 aliphatic heterocycles. The molecule has 24 heavy (non-hydrogen) atoms. The molecular formula is C16H28N2O6. The van der Waals surface area contributed by atoms with Crippen LogP contribution in [0.4, 0.5) is 0 Å². The van der Waals surface area contributed by atoms with Gasteiger partial charge >= 0.3 is 11.9 Å². The Labute approximate surface area is 142 Å². The van der Waals surface area contributed by atoms with Crippen LogP contribution in [-0.4, -0.2) is 79.6 Å². The maximum atomic E-state index is 12.3. The second-order valence-corrected chi connectivity index (χ2v) is 5.69. The van der Waals surface area contributed by atoms with E-state index in [4.69, 9.17) is 19.9 Å². The average molecular weight is 344 g/mol. The Bertz CT molecular complexity index is 425. The van der Waals surface area contributed by atoms with Crippen molar-refractivity contribution < 1.29 is 28.9 Å². The zero-order chi connectivity index (χ0) is 18.0. The molecule has 2 unspecified atom stereocenters.